The molecule has 0 atom stereocenters. The van der Waals surface area contributed by atoms with E-state index in [1.165, 1.54) is 6.07 Å². The number of carbonyl (C=O) groups is 1. The zero-order valence-electron chi connectivity index (χ0n) is 16.3. The molecule has 158 valence electrons. The largest absolute Gasteiger partial charge is 0.416 e. The molecule has 0 unspecified atom stereocenters. The first-order chi connectivity index (χ1) is 12.8. The molecule has 1 fully saturated rings. The van der Waals surface area contributed by atoms with Crippen molar-refractivity contribution in [1.29, 1.82) is 0 Å². The molecule has 1 aromatic carbocycles. The van der Waals surface area contributed by atoms with Gasteiger partial charge in [0, 0.05) is 11.6 Å². The summed E-state index contributed by atoms with van der Waals surface area (Å²) in [6.07, 6.45) is -2.80. The highest BCUT2D eigenvalue weighted by Gasteiger charge is 2.35. The van der Waals surface area contributed by atoms with Crippen LogP contribution in [0.4, 0.5) is 13.2 Å². The summed E-state index contributed by atoms with van der Waals surface area (Å²) in [7, 11) is -3.83. The molecule has 1 saturated carbocycles. The number of carbonyl (C=O) groups excluding carboxylic acids is 1. The second-order valence-electron chi connectivity index (χ2n) is 8.22. The van der Waals surface area contributed by atoms with Crippen LogP contribution in [0.5, 0.6) is 0 Å². The van der Waals surface area contributed by atoms with Crippen molar-refractivity contribution in [1.82, 2.24) is 10.6 Å². The predicted octanol–water partition coefficient (Wildman–Crippen LogP) is 3.29. The molecule has 1 aromatic rings. The number of amides is 1. The zero-order chi connectivity index (χ0) is 21.2. The van der Waals surface area contributed by atoms with Gasteiger partial charge in [0.05, 0.1) is 22.3 Å². The quantitative estimate of drug-likeness (QED) is 0.767. The Morgan fingerprint density at radius 1 is 1.11 bits per heavy atom. The zero-order valence-corrected chi connectivity index (χ0v) is 17.1. The van der Waals surface area contributed by atoms with Crippen LogP contribution in [-0.2, 0) is 20.8 Å². The van der Waals surface area contributed by atoms with Crippen LogP contribution in [0, 0.1) is 0 Å². The molecule has 1 aliphatic carbocycles. The minimum Gasteiger partial charge on any atom is -0.350 e. The van der Waals surface area contributed by atoms with Crippen molar-refractivity contribution < 1.29 is 26.4 Å². The molecule has 2 N–H and O–H groups in total. The molecule has 5 nitrogen and oxygen atoms in total. The average molecular weight is 420 g/mol. The first-order valence-electron chi connectivity index (χ1n) is 9.24. The molecule has 0 bridgehead atoms. The number of alkyl halides is 3. The van der Waals surface area contributed by atoms with Gasteiger partial charge in [-0.2, -0.15) is 13.2 Å². The van der Waals surface area contributed by atoms with Crippen molar-refractivity contribution in [3.63, 3.8) is 0 Å². The van der Waals surface area contributed by atoms with Gasteiger partial charge in [-0.15, -0.1) is 0 Å². The summed E-state index contributed by atoms with van der Waals surface area (Å²) in [5.41, 5.74) is -1.29. The molecule has 1 amide bonds. The lowest BCUT2D eigenvalue weighted by atomic mass is 9.95. The SMILES string of the molecule is CC(C)(C)NC(=O)CNC1CCC(S(=O)(=O)c2cccc(C(F)(F)F)c2)CC1. The van der Waals surface area contributed by atoms with Crippen molar-refractivity contribution in [2.75, 3.05) is 6.54 Å². The predicted molar refractivity (Wildman–Crippen MR) is 101 cm³/mol. The van der Waals surface area contributed by atoms with Crippen molar-refractivity contribution in [2.45, 2.75) is 74.4 Å². The molecule has 0 aromatic heterocycles. The van der Waals surface area contributed by atoms with Crippen LogP contribution in [0.1, 0.15) is 52.0 Å². The van der Waals surface area contributed by atoms with Crippen LogP contribution >= 0.6 is 0 Å². The second kappa shape index (κ2) is 8.41. The Kier molecular flexibility index (Phi) is 6.81. The Labute approximate surface area is 164 Å². The summed E-state index contributed by atoms with van der Waals surface area (Å²) < 4.78 is 64.1. The highest BCUT2D eigenvalue weighted by atomic mass is 32.2. The van der Waals surface area contributed by atoms with Crippen LogP contribution in [0.2, 0.25) is 0 Å². The second-order valence-corrected chi connectivity index (χ2v) is 10.5. The van der Waals surface area contributed by atoms with Gasteiger partial charge in [-0.05, 0) is 64.7 Å². The third kappa shape index (κ3) is 6.20. The molecule has 28 heavy (non-hydrogen) atoms. The summed E-state index contributed by atoms with van der Waals surface area (Å²) in [4.78, 5) is 11.6. The van der Waals surface area contributed by atoms with Gasteiger partial charge in [0.1, 0.15) is 0 Å². The van der Waals surface area contributed by atoms with E-state index < -0.39 is 26.8 Å². The first kappa shape index (κ1) is 22.7. The number of hydrogen-bond acceptors (Lipinski definition) is 4. The van der Waals surface area contributed by atoms with E-state index in [0.29, 0.717) is 31.7 Å². The summed E-state index contributed by atoms with van der Waals surface area (Å²) in [5.74, 6) is -0.133. The van der Waals surface area contributed by atoms with E-state index in [0.717, 1.165) is 12.1 Å². The fourth-order valence-corrected chi connectivity index (χ4v) is 5.16. The van der Waals surface area contributed by atoms with Crippen molar-refractivity contribution >= 4 is 15.7 Å². The lowest BCUT2D eigenvalue weighted by molar-refractivity contribution is -0.137. The van der Waals surface area contributed by atoms with E-state index in [9.17, 15) is 26.4 Å². The number of rotatable bonds is 5. The van der Waals surface area contributed by atoms with Gasteiger partial charge in [-0.3, -0.25) is 4.79 Å². The molecule has 0 spiro atoms. The lowest BCUT2D eigenvalue weighted by Crippen LogP contribution is -2.47. The molecular weight excluding hydrogens is 393 g/mol. The van der Waals surface area contributed by atoms with E-state index in [2.05, 4.69) is 10.6 Å². The summed E-state index contributed by atoms with van der Waals surface area (Å²) >= 11 is 0. The normalized spacial score (nSPS) is 21.4. The molecule has 1 aliphatic rings. The average Bonchev–Trinajstić information content (AvgIpc) is 2.58. The van der Waals surface area contributed by atoms with E-state index >= 15 is 0 Å². The molecule has 0 radical (unpaired) electrons. The third-order valence-corrected chi connectivity index (χ3v) is 6.93. The Morgan fingerprint density at radius 3 is 2.25 bits per heavy atom. The number of halogens is 3. The van der Waals surface area contributed by atoms with Crippen molar-refractivity contribution in [3.05, 3.63) is 29.8 Å². The van der Waals surface area contributed by atoms with Crippen molar-refractivity contribution in [3.8, 4) is 0 Å². The van der Waals surface area contributed by atoms with Gasteiger partial charge >= 0.3 is 6.18 Å². The van der Waals surface area contributed by atoms with E-state index in [1.807, 2.05) is 20.8 Å². The van der Waals surface area contributed by atoms with Gasteiger partial charge in [0.25, 0.3) is 0 Å². The topological polar surface area (TPSA) is 75.3 Å². The maximum Gasteiger partial charge on any atom is 0.416 e. The highest BCUT2D eigenvalue weighted by molar-refractivity contribution is 7.92. The monoisotopic (exact) mass is 420 g/mol. The lowest BCUT2D eigenvalue weighted by Gasteiger charge is -2.29. The van der Waals surface area contributed by atoms with Gasteiger partial charge in [-0.1, -0.05) is 6.07 Å². The standard InChI is InChI=1S/C19H27F3N2O3S/c1-18(2,3)24-17(25)12-23-14-7-9-15(10-8-14)28(26,27)16-6-4-5-13(11-16)19(20,21)22/h4-6,11,14-15,23H,7-10,12H2,1-3H3,(H,24,25). The van der Waals surface area contributed by atoms with Crippen LogP contribution in [0.15, 0.2) is 29.2 Å². The Balaban J connectivity index is 1.94. The number of nitrogens with one attached hydrogen (secondary N) is 2. The molecule has 2 rings (SSSR count). The Bertz CT molecular complexity index is 793. The van der Waals surface area contributed by atoms with Gasteiger partial charge in [0.15, 0.2) is 9.84 Å². The Morgan fingerprint density at radius 2 is 1.71 bits per heavy atom. The summed E-state index contributed by atoms with van der Waals surface area (Å²) in [5, 5.41) is 5.26. The number of hydrogen-bond donors (Lipinski definition) is 2. The van der Waals surface area contributed by atoms with Crippen molar-refractivity contribution in [2.24, 2.45) is 0 Å². The summed E-state index contributed by atoms with van der Waals surface area (Å²) in [6, 6.07) is 3.92. The van der Waals surface area contributed by atoms with Crippen LogP contribution < -0.4 is 10.6 Å². The fourth-order valence-electron chi connectivity index (χ4n) is 3.32. The maximum absolute atomic E-state index is 12.9. The molecular formula is C19H27F3N2O3S. The van der Waals surface area contributed by atoms with E-state index in [1.54, 1.807) is 0 Å². The van der Waals surface area contributed by atoms with E-state index in [-0.39, 0.29) is 28.9 Å². The fraction of sp³-hybridized carbons (Fsp3) is 0.632. The van der Waals surface area contributed by atoms with E-state index in [4.69, 9.17) is 0 Å². The molecule has 9 heteroatoms. The number of sulfone groups is 1. The molecule has 0 aliphatic heterocycles. The first-order valence-corrected chi connectivity index (χ1v) is 10.8. The van der Waals surface area contributed by atoms with Gasteiger partial charge in [-0.25, -0.2) is 8.42 Å². The minimum atomic E-state index is -4.58. The highest BCUT2D eigenvalue weighted by Crippen LogP contribution is 2.33. The third-order valence-electron chi connectivity index (χ3n) is 4.67. The molecule has 0 saturated heterocycles. The number of benzene rings is 1. The van der Waals surface area contributed by atoms with Crippen LogP contribution in [-0.4, -0.2) is 37.7 Å². The maximum atomic E-state index is 12.9. The minimum absolute atomic E-state index is 0.0127. The van der Waals surface area contributed by atoms with Gasteiger partial charge in [0.2, 0.25) is 5.91 Å². The summed E-state index contributed by atoms with van der Waals surface area (Å²) in [6.45, 7) is 5.80. The molecule has 0 heterocycles. The Hall–Kier alpha value is -1.61. The van der Waals surface area contributed by atoms with Crippen LogP contribution in [0.3, 0.4) is 0 Å². The smallest absolute Gasteiger partial charge is 0.350 e. The van der Waals surface area contributed by atoms with Crippen LogP contribution in [0.25, 0.3) is 0 Å². The van der Waals surface area contributed by atoms with Gasteiger partial charge < -0.3 is 10.6 Å².